The Kier molecular flexibility index (Phi) is 5.52. The fourth-order valence-electron chi connectivity index (χ4n) is 2.49. The highest BCUT2D eigenvalue weighted by Gasteiger charge is 2.21. The summed E-state index contributed by atoms with van der Waals surface area (Å²) in [5, 5.41) is 6.37. The van der Waals surface area contributed by atoms with Crippen LogP contribution in [0.2, 0.25) is 0 Å². The fourth-order valence-corrected chi connectivity index (χ4v) is 3.04. The monoisotopic (exact) mass is 357 g/mol. The zero-order valence-electron chi connectivity index (χ0n) is 14.1. The van der Waals surface area contributed by atoms with Gasteiger partial charge in [-0.05, 0) is 26.1 Å². The van der Waals surface area contributed by atoms with E-state index in [1.165, 1.54) is 0 Å². The first-order valence-corrected chi connectivity index (χ1v) is 8.84. The van der Waals surface area contributed by atoms with Crippen LogP contribution in [0.3, 0.4) is 0 Å². The highest BCUT2D eigenvalue weighted by Crippen LogP contribution is 2.17. The van der Waals surface area contributed by atoms with E-state index in [4.69, 9.17) is 4.74 Å². The van der Waals surface area contributed by atoms with Crippen LogP contribution in [0, 0.1) is 0 Å². The largest absolute Gasteiger partial charge is 0.462 e. The van der Waals surface area contributed by atoms with Gasteiger partial charge in [0.15, 0.2) is 5.82 Å². The van der Waals surface area contributed by atoms with E-state index in [0.717, 1.165) is 11.4 Å². The highest BCUT2D eigenvalue weighted by molar-refractivity contribution is 7.07. The molecule has 0 saturated heterocycles. The lowest BCUT2D eigenvalue weighted by molar-refractivity contribution is 0.0524. The third kappa shape index (κ3) is 4.09. The molecule has 3 aromatic rings. The number of nitrogens with zero attached hydrogens (tertiary/aromatic N) is 5. The number of aromatic nitrogens is 4. The molecule has 25 heavy (non-hydrogen) atoms. The minimum absolute atomic E-state index is 0.321. The van der Waals surface area contributed by atoms with Crippen LogP contribution in [0.25, 0.3) is 5.82 Å². The lowest BCUT2D eigenvalue weighted by atomic mass is 10.2. The predicted molar refractivity (Wildman–Crippen MR) is 94.6 cm³/mol. The van der Waals surface area contributed by atoms with Gasteiger partial charge in [0.1, 0.15) is 5.56 Å². The Hall–Kier alpha value is -2.58. The number of esters is 1. The molecule has 0 saturated carbocycles. The van der Waals surface area contributed by atoms with Crippen molar-refractivity contribution in [3.63, 3.8) is 0 Å². The maximum absolute atomic E-state index is 12.3. The van der Waals surface area contributed by atoms with Gasteiger partial charge in [-0.15, -0.1) is 11.3 Å². The van der Waals surface area contributed by atoms with Crippen molar-refractivity contribution in [2.75, 3.05) is 13.7 Å². The van der Waals surface area contributed by atoms with Crippen molar-refractivity contribution >= 4 is 17.3 Å². The maximum Gasteiger partial charge on any atom is 0.341 e. The van der Waals surface area contributed by atoms with Crippen molar-refractivity contribution in [2.45, 2.75) is 20.0 Å². The molecule has 0 amide bonds. The number of carbonyl (C=O) groups excluding carboxylic acids is 1. The smallest absolute Gasteiger partial charge is 0.341 e. The van der Waals surface area contributed by atoms with E-state index in [1.807, 2.05) is 36.1 Å². The van der Waals surface area contributed by atoms with Gasteiger partial charge in [0.25, 0.3) is 0 Å². The molecule has 7 nitrogen and oxygen atoms in total. The molecule has 3 rings (SSSR count). The molecule has 0 fully saturated rings. The fraction of sp³-hybridized carbons (Fsp3) is 0.294. The van der Waals surface area contributed by atoms with Gasteiger partial charge in [0.05, 0.1) is 29.7 Å². The average Bonchev–Trinajstić information content (AvgIpc) is 3.26. The van der Waals surface area contributed by atoms with Crippen LogP contribution in [-0.2, 0) is 17.8 Å². The summed E-state index contributed by atoms with van der Waals surface area (Å²) >= 11 is 1.56. The van der Waals surface area contributed by atoms with E-state index in [9.17, 15) is 4.79 Å². The molecule has 0 aliphatic heterocycles. The van der Waals surface area contributed by atoms with E-state index in [0.29, 0.717) is 31.1 Å². The molecule has 0 radical (unpaired) electrons. The molecule has 0 aromatic carbocycles. The number of carbonyl (C=O) groups is 1. The van der Waals surface area contributed by atoms with Crippen LogP contribution in [0.5, 0.6) is 0 Å². The van der Waals surface area contributed by atoms with Gasteiger partial charge < -0.3 is 4.74 Å². The van der Waals surface area contributed by atoms with Gasteiger partial charge in [0.2, 0.25) is 0 Å². The van der Waals surface area contributed by atoms with E-state index in [-0.39, 0.29) is 5.97 Å². The summed E-state index contributed by atoms with van der Waals surface area (Å²) in [6.07, 6.45) is 3.24. The molecular formula is C17H19N5O2S. The Morgan fingerprint density at radius 3 is 2.88 bits per heavy atom. The van der Waals surface area contributed by atoms with Crippen LogP contribution >= 0.6 is 11.3 Å². The van der Waals surface area contributed by atoms with Crippen molar-refractivity contribution in [3.8, 4) is 5.82 Å². The Morgan fingerprint density at radius 2 is 2.20 bits per heavy atom. The van der Waals surface area contributed by atoms with E-state index in [2.05, 4.69) is 20.0 Å². The third-order valence-corrected chi connectivity index (χ3v) is 4.20. The van der Waals surface area contributed by atoms with Gasteiger partial charge in [-0.25, -0.2) is 19.4 Å². The molecule has 0 bridgehead atoms. The summed E-state index contributed by atoms with van der Waals surface area (Å²) in [5.74, 6) is 0.289. The Labute approximate surface area is 149 Å². The number of rotatable bonds is 7. The van der Waals surface area contributed by atoms with Crippen molar-refractivity contribution in [2.24, 2.45) is 0 Å². The van der Waals surface area contributed by atoms with Crippen LogP contribution < -0.4 is 0 Å². The maximum atomic E-state index is 12.3. The Bertz CT molecular complexity index is 817. The lowest BCUT2D eigenvalue weighted by Crippen LogP contribution is -2.22. The topological polar surface area (TPSA) is 73.1 Å². The minimum atomic E-state index is -0.373. The molecule has 0 aliphatic carbocycles. The zero-order valence-corrected chi connectivity index (χ0v) is 14.9. The lowest BCUT2D eigenvalue weighted by Gasteiger charge is -2.17. The van der Waals surface area contributed by atoms with E-state index < -0.39 is 0 Å². The van der Waals surface area contributed by atoms with Crippen LogP contribution in [0.1, 0.15) is 28.7 Å². The van der Waals surface area contributed by atoms with E-state index in [1.54, 1.807) is 35.3 Å². The number of hydrogen-bond donors (Lipinski definition) is 0. The molecule has 0 unspecified atom stereocenters. The van der Waals surface area contributed by atoms with Crippen LogP contribution in [0.4, 0.5) is 0 Å². The van der Waals surface area contributed by atoms with E-state index >= 15 is 0 Å². The second kappa shape index (κ2) is 8.00. The van der Waals surface area contributed by atoms with Crippen LogP contribution in [-0.4, -0.2) is 44.3 Å². The van der Waals surface area contributed by atoms with Crippen molar-refractivity contribution in [1.29, 1.82) is 0 Å². The first kappa shape index (κ1) is 17.2. The highest BCUT2D eigenvalue weighted by atomic mass is 32.1. The number of ether oxygens (including phenoxy) is 1. The predicted octanol–water partition coefficient (Wildman–Crippen LogP) is 2.53. The summed E-state index contributed by atoms with van der Waals surface area (Å²) in [7, 11) is 1.98. The summed E-state index contributed by atoms with van der Waals surface area (Å²) in [4.78, 5) is 23.0. The van der Waals surface area contributed by atoms with Crippen molar-refractivity contribution < 1.29 is 9.53 Å². The molecule has 0 N–H and O–H groups in total. The summed E-state index contributed by atoms with van der Waals surface area (Å²) < 4.78 is 6.85. The molecule has 8 heteroatoms. The number of hydrogen-bond acceptors (Lipinski definition) is 7. The zero-order chi connectivity index (χ0) is 17.6. The second-order valence-electron chi connectivity index (χ2n) is 5.48. The van der Waals surface area contributed by atoms with Gasteiger partial charge >= 0.3 is 5.97 Å². The summed E-state index contributed by atoms with van der Waals surface area (Å²) in [5.41, 5.74) is 4.01. The Balaban J connectivity index is 1.90. The quantitative estimate of drug-likeness (QED) is 0.605. The first-order chi connectivity index (χ1) is 12.2. The molecule has 3 heterocycles. The van der Waals surface area contributed by atoms with Gasteiger partial charge in [-0.3, -0.25) is 4.90 Å². The normalized spacial score (nSPS) is 11.0. The summed E-state index contributed by atoms with van der Waals surface area (Å²) in [6.45, 7) is 3.30. The second-order valence-corrected chi connectivity index (χ2v) is 6.20. The number of pyridine rings is 1. The average molecular weight is 357 g/mol. The third-order valence-electron chi connectivity index (χ3n) is 3.57. The van der Waals surface area contributed by atoms with Crippen molar-refractivity contribution in [1.82, 2.24) is 24.6 Å². The standard InChI is InChI=1S/C17H19N5O2S/c1-3-24-17(23)14-8-20-22(16-6-4-5-7-18-16)15(14)10-21(2)9-13-11-25-12-19-13/h4-8,11-12H,3,9-10H2,1-2H3. The molecule has 0 atom stereocenters. The minimum Gasteiger partial charge on any atom is -0.462 e. The van der Waals surface area contributed by atoms with Gasteiger partial charge in [0, 0.05) is 24.7 Å². The Morgan fingerprint density at radius 1 is 1.32 bits per heavy atom. The molecule has 0 spiro atoms. The first-order valence-electron chi connectivity index (χ1n) is 7.90. The SMILES string of the molecule is CCOC(=O)c1cnn(-c2ccccn2)c1CN(C)Cc1cscn1. The molecule has 130 valence electrons. The molecule has 3 aromatic heterocycles. The molecular weight excluding hydrogens is 338 g/mol. The van der Waals surface area contributed by atoms with Crippen LogP contribution in [0.15, 0.2) is 41.5 Å². The molecule has 0 aliphatic rings. The van der Waals surface area contributed by atoms with Gasteiger partial charge in [-0.2, -0.15) is 5.10 Å². The van der Waals surface area contributed by atoms with Crippen molar-refractivity contribution in [3.05, 3.63) is 58.4 Å². The van der Waals surface area contributed by atoms with Gasteiger partial charge in [-0.1, -0.05) is 6.07 Å². The summed E-state index contributed by atoms with van der Waals surface area (Å²) in [6, 6.07) is 5.58. The number of thiazole rings is 1.